The minimum Gasteiger partial charge on any atom is -0.493 e. The maximum atomic E-state index is 12.7. The molecule has 0 aromatic heterocycles. The van der Waals surface area contributed by atoms with Crippen LogP contribution in [0.15, 0.2) is 46.6 Å². The van der Waals surface area contributed by atoms with Crippen molar-refractivity contribution in [1.29, 1.82) is 0 Å². The Labute approximate surface area is 163 Å². The van der Waals surface area contributed by atoms with Gasteiger partial charge in [-0.25, -0.2) is 9.69 Å². The maximum absolute atomic E-state index is 12.7. The molecular formula is C18H14BrClN2O4. The van der Waals surface area contributed by atoms with Crippen LogP contribution in [0.2, 0.25) is 5.02 Å². The Hall–Kier alpha value is -2.51. The van der Waals surface area contributed by atoms with Crippen molar-refractivity contribution in [3.05, 3.63) is 57.2 Å². The summed E-state index contributed by atoms with van der Waals surface area (Å²) < 4.78 is 11.2. The smallest absolute Gasteiger partial charge is 0.333 e. The van der Waals surface area contributed by atoms with Gasteiger partial charge >= 0.3 is 6.03 Å². The molecule has 1 fully saturated rings. The molecule has 2 aromatic rings. The number of carbonyl (C=O) groups excluding carboxylic acids is 2. The van der Waals surface area contributed by atoms with Crippen molar-refractivity contribution >= 4 is 51.2 Å². The minimum atomic E-state index is -0.539. The number of halogens is 2. The summed E-state index contributed by atoms with van der Waals surface area (Å²) in [5, 5.41) is 3.01. The number of ether oxygens (including phenoxy) is 2. The fraction of sp³-hybridized carbons (Fsp3) is 0.111. The Morgan fingerprint density at radius 3 is 2.58 bits per heavy atom. The average molecular weight is 438 g/mol. The van der Waals surface area contributed by atoms with Gasteiger partial charge in [-0.05, 0) is 57.9 Å². The topological polar surface area (TPSA) is 67.9 Å². The lowest BCUT2D eigenvalue weighted by molar-refractivity contribution is -0.113. The first-order valence-electron chi connectivity index (χ1n) is 7.49. The van der Waals surface area contributed by atoms with Crippen LogP contribution in [0.1, 0.15) is 5.56 Å². The summed E-state index contributed by atoms with van der Waals surface area (Å²) >= 11 is 9.35. The van der Waals surface area contributed by atoms with Crippen molar-refractivity contribution in [2.24, 2.45) is 0 Å². The van der Waals surface area contributed by atoms with Gasteiger partial charge in [0, 0.05) is 5.02 Å². The van der Waals surface area contributed by atoms with Gasteiger partial charge in [-0.1, -0.05) is 17.7 Å². The van der Waals surface area contributed by atoms with E-state index in [-0.39, 0.29) is 5.70 Å². The van der Waals surface area contributed by atoms with Gasteiger partial charge < -0.3 is 14.8 Å². The van der Waals surface area contributed by atoms with E-state index in [1.54, 1.807) is 42.5 Å². The molecule has 0 saturated carbocycles. The van der Waals surface area contributed by atoms with E-state index in [2.05, 4.69) is 21.2 Å². The van der Waals surface area contributed by atoms with E-state index >= 15 is 0 Å². The first-order valence-corrected chi connectivity index (χ1v) is 8.66. The summed E-state index contributed by atoms with van der Waals surface area (Å²) in [6.45, 7) is 0. The molecule has 3 amide bonds. The van der Waals surface area contributed by atoms with E-state index in [0.29, 0.717) is 32.2 Å². The van der Waals surface area contributed by atoms with Crippen LogP contribution in [-0.2, 0) is 4.79 Å². The third-order valence-corrected chi connectivity index (χ3v) is 4.54. The molecule has 1 heterocycles. The molecule has 0 unspecified atom stereocenters. The van der Waals surface area contributed by atoms with E-state index < -0.39 is 11.9 Å². The molecule has 26 heavy (non-hydrogen) atoms. The van der Waals surface area contributed by atoms with Gasteiger partial charge in [0.25, 0.3) is 5.91 Å². The fourth-order valence-electron chi connectivity index (χ4n) is 2.57. The largest absolute Gasteiger partial charge is 0.493 e. The minimum absolute atomic E-state index is 0.147. The molecule has 0 spiro atoms. The zero-order valence-corrected chi connectivity index (χ0v) is 16.2. The number of rotatable bonds is 4. The molecule has 1 aliphatic rings. The standard InChI is InChI=1S/C18H14BrClN2O4/c1-25-15-8-10(6-13(19)16(15)26-2)7-14-17(23)22(18(24)21-14)12-5-3-4-11(20)9-12/h3-9H,1-2H3,(H,21,24)/b14-7-. The van der Waals surface area contributed by atoms with Crippen LogP contribution in [0.4, 0.5) is 10.5 Å². The van der Waals surface area contributed by atoms with Gasteiger partial charge in [-0.2, -0.15) is 0 Å². The summed E-state index contributed by atoms with van der Waals surface area (Å²) in [5.74, 6) is 0.567. The van der Waals surface area contributed by atoms with Crippen molar-refractivity contribution in [2.45, 2.75) is 0 Å². The summed E-state index contributed by atoms with van der Waals surface area (Å²) in [6, 6.07) is 9.46. The molecular weight excluding hydrogens is 424 g/mol. The van der Waals surface area contributed by atoms with Crippen LogP contribution in [0, 0.1) is 0 Å². The molecule has 6 nitrogen and oxygen atoms in total. The van der Waals surface area contributed by atoms with Crippen LogP contribution in [0.25, 0.3) is 6.08 Å². The maximum Gasteiger partial charge on any atom is 0.333 e. The van der Waals surface area contributed by atoms with Gasteiger partial charge in [0.2, 0.25) is 0 Å². The lowest BCUT2D eigenvalue weighted by Crippen LogP contribution is -2.30. The average Bonchev–Trinajstić information content (AvgIpc) is 2.88. The van der Waals surface area contributed by atoms with E-state index in [0.717, 1.165) is 4.90 Å². The van der Waals surface area contributed by atoms with Gasteiger partial charge in [0.1, 0.15) is 5.70 Å². The molecule has 1 N–H and O–H groups in total. The highest BCUT2D eigenvalue weighted by molar-refractivity contribution is 9.10. The molecule has 8 heteroatoms. The molecule has 0 atom stereocenters. The Bertz CT molecular complexity index is 929. The van der Waals surface area contributed by atoms with Crippen LogP contribution in [-0.4, -0.2) is 26.2 Å². The number of hydrogen-bond donors (Lipinski definition) is 1. The third-order valence-electron chi connectivity index (χ3n) is 3.71. The Morgan fingerprint density at radius 2 is 1.92 bits per heavy atom. The van der Waals surface area contributed by atoms with Gasteiger partial charge in [0.15, 0.2) is 11.5 Å². The molecule has 0 radical (unpaired) electrons. The zero-order chi connectivity index (χ0) is 18.8. The summed E-state index contributed by atoms with van der Waals surface area (Å²) in [5.41, 5.74) is 1.21. The second kappa shape index (κ2) is 7.39. The Kier molecular flexibility index (Phi) is 5.20. The predicted octanol–water partition coefficient (Wildman–Crippen LogP) is 4.22. The van der Waals surface area contributed by atoms with Crippen molar-refractivity contribution < 1.29 is 19.1 Å². The first-order chi connectivity index (χ1) is 12.4. The highest BCUT2D eigenvalue weighted by Gasteiger charge is 2.35. The first kappa shape index (κ1) is 18.3. The molecule has 0 bridgehead atoms. The molecule has 0 aliphatic carbocycles. The Balaban J connectivity index is 1.97. The van der Waals surface area contributed by atoms with Gasteiger partial charge in [0.05, 0.1) is 24.4 Å². The normalized spacial score (nSPS) is 15.4. The lowest BCUT2D eigenvalue weighted by atomic mass is 10.1. The molecule has 2 aromatic carbocycles. The highest BCUT2D eigenvalue weighted by atomic mass is 79.9. The third kappa shape index (κ3) is 3.40. The SMILES string of the molecule is COc1cc(/C=C2\NC(=O)N(c3cccc(Cl)c3)C2=O)cc(Br)c1OC. The van der Waals surface area contributed by atoms with Crippen molar-refractivity contribution in [3.63, 3.8) is 0 Å². The van der Waals surface area contributed by atoms with E-state index in [4.69, 9.17) is 21.1 Å². The van der Waals surface area contributed by atoms with Crippen LogP contribution < -0.4 is 19.7 Å². The van der Waals surface area contributed by atoms with Crippen molar-refractivity contribution in [3.8, 4) is 11.5 Å². The summed E-state index contributed by atoms with van der Waals surface area (Å²) in [7, 11) is 3.05. The number of anilines is 1. The number of nitrogens with zero attached hydrogens (tertiary/aromatic N) is 1. The monoisotopic (exact) mass is 436 g/mol. The number of hydrogen-bond acceptors (Lipinski definition) is 4. The lowest BCUT2D eigenvalue weighted by Gasteiger charge is -2.12. The van der Waals surface area contributed by atoms with E-state index in [1.807, 2.05) is 0 Å². The molecule has 1 saturated heterocycles. The summed E-state index contributed by atoms with van der Waals surface area (Å²) in [4.78, 5) is 25.9. The quantitative estimate of drug-likeness (QED) is 0.574. The van der Waals surface area contributed by atoms with Crippen molar-refractivity contribution in [2.75, 3.05) is 19.1 Å². The predicted molar refractivity (Wildman–Crippen MR) is 103 cm³/mol. The highest BCUT2D eigenvalue weighted by Crippen LogP contribution is 2.37. The molecule has 134 valence electrons. The second-order valence-electron chi connectivity index (χ2n) is 5.35. The summed E-state index contributed by atoms with van der Waals surface area (Å²) in [6.07, 6.45) is 1.57. The van der Waals surface area contributed by atoms with Gasteiger partial charge in [-0.15, -0.1) is 0 Å². The molecule has 1 aliphatic heterocycles. The number of carbonyl (C=O) groups is 2. The number of amides is 3. The number of urea groups is 1. The van der Waals surface area contributed by atoms with Gasteiger partial charge in [-0.3, -0.25) is 4.79 Å². The van der Waals surface area contributed by atoms with Crippen LogP contribution in [0.5, 0.6) is 11.5 Å². The number of nitrogens with one attached hydrogen (secondary N) is 1. The van der Waals surface area contributed by atoms with E-state index in [1.165, 1.54) is 14.2 Å². The number of methoxy groups -OCH3 is 2. The molecule has 3 rings (SSSR count). The van der Waals surface area contributed by atoms with Crippen molar-refractivity contribution in [1.82, 2.24) is 5.32 Å². The van der Waals surface area contributed by atoms with E-state index in [9.17, 15) is 9.59 Å². The number of benzene rings is 2. The van der Waals surface area contributed by atoms with Crippen LogP contribution in [0.3, 0.4) is 0 Å². The second-order valence-corrected chi connectivity index (χ2v) is 6.64. The Morgan fingerprint density at radius 1 is 1.15 bits per heavy atom. The zero-order valence-electron chi connectivity index (χ0n) is 13.9. The number of imide groups is 1. The fourth-order valence-corrected chi connectivity index (χ4v) is 3.38. The van der Waals surface area contributed by atoms with Crippen LogP contribution >= 0.6 is 27.5 Å².